The van der Waals surface area contributed by atoms with Crippen molar-refractivity contribution in [1.82, 2.24) is 14.3 Å². The highest BCUT2D eigenvalue weighted by Crippen LogP contribution is 2.31. The van der Waals surface area contributed by atoms with Gasteiger partial charge in [0.05, 0.1) is 24.5 Å². The van der Waals surface area contributed by atoms with Crippen LogP contribution in [0, 0.1) is 5.92 Å². The molecule has 0 spiro atoms. The Hall–Kier alpha value is -2.87. The lowest BCUT2D eigenvalue weighted by atomic mass is 9.98. The zero-order valence-corrected chi connectivity index (χ0v) is 17.3. The standard InChI is InChI=1S/C21H23N3O4S/c1-3-28-20(26)15-7-5-9-23(11-15)19(25)17-12-24-13-18(29-21(24)22-17)14-6-4-8-16(10-14)27-2/h4,6,8,10,12-13,15H,3,5,7,9,11H2,1-2H3. The number of ether oxygens (including phenoxy) is 2. The topological polar surface area (TPSA) is 73.1 Å². The zero-order valence-electron chi connectivity index (χ0n) is 16.5. The Kier molecular flexibility index (Phi) is 5.53. The van der Waals surface area contributed by atoms with E-state index in [0.717, 1.165) is 34.0 Å². The summed E-state index contributed by atoms with van der Waals surface area (Å²) in [6.45, 7) is 3.17. The quantitative estimate of drug-likeness (QED) is 0.599. The van der Waals surface area contributed by atoms with E-state index in [1.807, 2.05) is 34.9 Å². The van der Waals surface area contributed by atoms with E-state index in [9.17, 15) is 9.59 Å². The van der Waals surface area contributed by atoms with Crippen LogP contribution in [-0.4, -0.2) is 53.0 Å². The second-order valence-corrected chi connectivity index (χ2v) is 7.99. The number of aromatic nitrogens is 2. The molecular weight excluding hydrogens is 390 g/mol. The lowest BCUT2D eigenvalue weighted by molar-refractivity contribution is -0.149. The first kappa shape index (κ1) is 19.4. The van der Waals surface area contributed by atoms with Crippen molar-refractivity contribution in [3.8, 4) is 16.2 Å². The summed E-state index contributed by atoms with van der Waals surface area (Å²) in [6, 6.07) is 7.84. The number of piperidine rings is 1. The Labute approximate surface area is 172 Å². The largest absolute Gasteiger partial charge is 0.497 e. The minimum absolute atomic E-state index is 0.141. The third-order valence-electron chi connectivity index (χ3n) is 5.06. The molecule has 0 radical (unpaired) electrons. The summed E-state index contributed by atoms with van der Waals surface area (Å²) in [5.41, 5.74) is 1.44. The van der Waals surface area contributed by atoms with Crippen LogP contribution in [-0.2, 0) is 9.53 Å². The molecule has 1 atom stereocenters. The molecule has 1 amide bonds. The highest BCUT2D eigenvalue weighted by atomic mass is 32.1. The Balaban J connectivity index is 1.51. The second kappa shape index (κ2) is 8.24. The number of rotatable bonds is 5. The molecule has 1 aliphatic rings. The molecule has 0 N–H and O–H groups in total. The second-order valence-electron chi connectivity index (χ2n) is 6.99. The maximum Gasteiger partial charge on any atom is 0.310 e. The fourth-order valence-corrected chi connectivity index (χ4v) is 4.55. The highest BCUT2D eigenvalue weighted by Gasteiger charge is 2.30. The van der Waals surface area contributed by atoms with Crippen LogP contribution in [0.25, 0.3) is 15.4 Å². The van der Waals surface area contributed by atoms with Crippen molar-refractivity contribution >= 4 is 28.2 Å². The van der Waals surface area contributed by atoms with E-state index in [1.165, 1.54) is 11.3 Å². The van der Waals surface area contributed by atoms with Gasteiger partial charge in [-0.1, -0.05) is 23.5 Å². The van der Waals surface area contributed by atoms with Crippen molar-refractivity contribution in [2.24, 2.45) is 5.92 Å². The molecule has 1 aliphatic heterocycles. The molecule has 1 saturated heterocycles. The van der Waals surface area contributed by atoms with Crippen molar-refractivity contribution in [2.45, 2.75) is 19.8 Å². The number of hydrogen-bond donors (Lipinski definition) is 0. The number of thiazole rings is 1. The number of likely N-dealkylation sites (tertiary alicyclic amines) is 1. The molecule has 7 nitrogen and oxygen atoms in total. The molecule has 0 saturated carbocycles. The van der Waals surface area contributed by atoms with Gasteiger partial charge in [0.2, 0.25) is 0 Å². The maximum absolute atomic E-state index is 12.9. The SMILES string of the molecule is CCOC(=O)C1CCCN(C(=O)c2cn3cc(-c4cccc(OC)c4)sc3n2)C1. The summed E-state index contributed by atoms with van der Waals surface area (Å²) in [5, 5.41) is 0. The minimum atomic E-state index is -0.254. The van der Waals surface area contributed by atoms with Crippen LogP contribution in [0.4, 0.5) is 0 Å². The third kappa shape index (κ3) is 3.98. The monoisotopic (exact) mass is 413 g/mol. The molecule has 1 aromatic carbocycles. The molecule has 29 heavy (non-hydrogen) atoms. The van der Waals surface area contributed by atoms with Crippen molar-refractivity contribution in [3.05, 3.63) is 42.4 Å². The van der Waals surface area contributed by atoms with E-state index >= 15 is 0 Å². The molecule has 4 rings (SSSR count). The van der Waals surface area contributed by atoms with Gasteiger partial charge in [0, 0.05) is 25.5 Å². The molecule has 1 unspecified atom stereocenters. The number of benzene rings is 1. The summed E-state index contributed by atoms with van der Waals surface area (Å²) >= 11 is 1.52. The Morgan fingerprint density at radius 1 is 1.31 bits per heavy atom. The first-order valence-corrected chi connectivity index (χ1v) is 10.5. The van der Waals surface area contributed by atoms with E-state index in [1.54, 1.807) is 25.1 Å². The molecule has 152 valence electrons. The number of hydrogen-bond acceptors (Lipinski definition) is 6. The molecule has 1 fully saturated rings. The van der Waals surface area contributed by atoms with Gasteiger partial charge in [-0.3, -0.25) is 14.0 Å². The Morgan fingerprint density at radius 2 is 2.17 bits per heavy atom. The van der Waals surface area contributed by atoms with Gasteiger partial charge in [-0.05, 0) is 37.5 Å². The normalized spacial score (nSPS) is 16.8. The fraction of sp³-hybridized carbons (Fsp3) is 0.381. The van der Waals surface area contributed by atoms with Gasteiger partial charge in [-0.15, -0.1) is 0 Å². The van der Waals surface area contributed by atoms with Crippen molar-refractivity contribution < 1.29 is 19.1 Å². The number of nitrogens with zero attached hydrogens (tertiary/aromatic N) is 3. The van der Waals surface area contributed by atoms with Crippen molar-refractivity contribution in [1.29, 1.82) is 0 Å². The number of carbonyl (C=O) groups excluding carboxylic acids is 2. The first-order chi connectivity index (χ1) is 14.1. The number of imidazole rings is 1. The van der Waals surface area contributed by atoms with Crippen LogP contribution in [0.15, 0.2) is 36.7 Å². The summed E-state index contributed by atoms with van der Waals surface area (Å²) in [7, 11) is 1.64. The fourth-order valence-electron chi connectivity index (χ4n) is 3.58. The Bertz CT molecular complexity index is 1010. The number of amides is 1. The summed E-state index contributed by atoms with van der Waals surface area (Å²) in [4.78, 5) is 33.0. The smallest absolute Gasteiger partial charge is 0.310 e. The van der Waals surface area contributed by atoms with E-state index in [4.69, 9.17) is 9.47 Å². The van der Waals surface area contributed by atoms with E-state index in [2.05, 4.69) is 4.98 Å². The van der Waals surface area contributed by atoms with Crippen LogP contribution in [0.3, 0.4) is 0 Å². The number of carbonyl (C=O) groups is 2. The lowest BCUT2D eigenvalue weighted by Crippen LogP contribution is -2.43. The lowest BCUT2D eigenvalue weighted by Gasteiger charge is -2.31. The minimum Gasteiger partial charge on any atom is -0.497 e. The number of methoxy groups -OCH3 is 1. The molecular formula is C21H23N3O4S. The summed E-state index contributed by atoms with van der Waals surface area (Å²) in [5.74, 6) is 0.179. The predicted molar refractivity (Wildman–Crippen MR) is 110 cm³/mol. The molecule has 0 aliphatic carbocycles. The van der Waals surface area contributed by atoms with Gasteiger partial charge in [-0.25, -0.2) is 4.98 Å². The Morgan fingerprint density at radius 3 is 2.93 bits per heavy atom. The number of esters is 1. The molecule has 8 heteroatoms. The maximum atomic E-state index is 12.9. The zero-order chi connectivity index (χ0) is 20.4. The van der Waals surface area contributed by atoms with Crippen LogP contribution in [0.1, 0.15) is 30.3 Å². The van der Waals surface area contributed by atoms with Crippen LogP contribution in [0.5, 0.6) is 5.75 Å². The predicted octanol–water partition coefficient (Wildman–Crippen LogP) is 3.49. The van der Waals surface area contributed by atoms with Gasteiger partial charge in [0.15, 0.2) is 4.96 Å². The molecule has 3 heterocycles. The average Bonchev–Trinajstić information content (AvgIpc) is 3.33. The summed E-state index contributed by atoms with van der Waals surface area (Å²) in [6.07, 6.45) is 5.27. The highest BCUT2D eigenvalue weighted by molar-refractivity contribution is 7.20. The van der Waals surface area contributed by atoms with Gasteiger partial charge < -0.3 is 14.4 Å². The van der Waals surface area contributed by atoms with Crippen molar-refractivity contribution in [2.75, 3.05) is 26.8 Å². The van der Waals surface area contributed by atoms with Gasteiger partial charge in [0.25, 0.3) is 5.91 Å². The van der Waals surface area contributed by atoms with Gasteiger partial charge >= 0.3 is 5.97 Å². The third-order valence-corrected chi connectivity index (χ3v) is 6.10. The van der Waals surface area contributed by atoms with Crippen LogP contribution in [0.2, 0.25) is 0 Å². The van der Waals surface area contributed by atoms with E-state index in [0.29, 0.717) is 25.4 Å². The molecule has 0 bridgehead atoms. The van der Waals surface area contributed by atoms with Crippen LogP contribution >= 0.6 is 11.3 Å². The molecule has 3 aromatic rings. The summed E-state index contributed by atoms with van der Waals surface area (Å²) < 4.78 is 12.3. The first-order valence-electron chi connectivity index (χ1n) is 9.68. The average molecular weight is 413 g/mol. The van der Waals surface area contributed by atoms with Gasteiger partial charge in [-0.2, -0.15) is 0 Å². The van der Waals surface area contributed by atoms with E-state index in [-0.39, 0.29) is 17.8 Å². The van der Waals surface area contributed by atoms with Crippen LogP contribution < -0.4 is 4.74 Å². The molecule has 2 aromatic heterocycles. The van der Waals surface area contributed by atoms with Gasteiger partial charge in [0.1, 0.15) is 11.4 Å². The van der Waals surface area contributed by atoms with E-state index < -0.39 is 0 Å². The number of fused-ring (bicyclic) bond motifs is 1. The van der Waals surface area contributed by atoms with Crippen molar-refractivity contribution in [3.63, 3.8) is 0 Å².